The number of aliphatic imine (C=N–C) groups is 1. The van der Waals surface area contributed by atoms with Crippen molar-refractivity contribution in [3.05, 3.63) is 57.1 Å². The summed E-state index contributed by atoms with van der Waals surface area (Å²) in [6, 6.07) is 8.22. The number of fused-ring (bicyclic) bond motifs is 2. The van der Waals surface area contributed by atoms with Gasteiger partial charge in [0, 0.05) is 17.4 Å². The van der Waals surface area contributed by atoms with Gasteiger partial charge in [-0.3, -0.25) is 9.79 Å². The number of pyridine rings is 1. The number of aryl methyl sites for hydroxylation is 2. The smallest absolute Gasteiger partial charge is 0.259 e. The van der Waals surface area contributed by atoms with Crippen molar-refractivity contribution in [3.8, 4) is 0 Å². The Hall–Kier alpha value is -2.89. The van der Waals surface area contributed by atoms with Crippen molar-refractivity contribution in [2.75, 3.05) is 12.0 Å². The lowest BCUT2D eigenvalue weighted by Gasteiger charge is -2.20. The second-order valence-electron chi connectivity index (χ2n) is 7.70. The van der Waals surface area contributed by atoms with E-state index in [0.717, 1.165) is 51.2 Å². The number of aromatic nitrogens is 3. The van der Waals surface area contributed by atoms with Gasteiger partial charge in [-0.2, -0.15) is 5.10 Å². The van der Waals surface area contributed by atoms with Crippen LogP contribution in [0.15, 0.2) is 34.1 Å². The summed E-state index contributed by atoms with van der Waals surface area (Å²) in [6.45, 7) is 11.4. The highest BCUT2D eigenvalue weighted by Crippen LogP contribution is 2.26. The first-order valence-corrected chi connectivity index (χ1v) is 9.91. The molecule has 0 saturated heterocycles. The third-order valence-electron chi connectivity index (χ3n) is 5.48. The molecule has 146 valence electrons. The fourth-order valence-electron chi connectivity index (χ4n) is 4.19. The summed E-state index contributed by atoms with van der Waals surface area (Å²) in [5.74, 6) is 0.997. The van der Waals surface area contributed by atoms with Crippen LogP contribution in [-0.4, -0.2) is 26.7 Å². The highest BCUT2D eigenvalue weighted by molar-refractivity contribution is 6.05. The molecule has 1 aliphatic rings. The van der Waals surface area contributed by atoms with Gasteiger partial charge >= 0.3 is 0 Å². The summed E-state index contributed by atoms with van der Waals surface area (Å²) in [6.07, 6.45) is 0.845. The van der Waals surface area contributed by atoms with Gasteiger partial charge in [0.1, 0.15) is 12.5 Å². The maximum atomic E-state index is 13.3. The zero-order valence-electron chi connectivity index (χ0n) is 17.2. The number of rotatable bonds is 4. The largest absolute Gasteiger partial charge is 0.351 e. The average Bonchev–Trinajstić information content (AvgIpc) is 3.00. The van der Waals surface area contributed by atoms with Crippen molar-refractivity contribution in [2.24, 2.45) is 4.99 Å². The number of anilines is 1. The van der Waals surface area contributed by atoms with Crippen LogP contribution in [0.5, 0.6) is 0 Å². The molecule has 0 unspecified atom stereocenters. The van der Waals surface area contributed by atoms with Gasteiger partial charge in [0.15, 0.2) is 0 Å². The highest BCUT2D eigenvalue weighted by atomic mass is 16.1. The Bertz CT molecular complexity index is 1150. The van der Waals surface area contributed by atoms with Crippen molar-refractivity contribution in [3.63, 3.8) is 0 Å². The highest BCUT2D eigenvalue weighted by Gasteiger charge is 2.23. The molecule has 2 aromatic heterocycles. The van der Waals surface area contributed by atoms with Crippen LogP contribution in [-0.2, 0) is 13.0 Å². The third kappa shape index (κ3) is 2.84. The lowest BCUT2D eigenvalue weighted by molar-refractivity contribution is 0.530. The standard InChI is InChI=1S/C22H27N5O/c1-6-18-20-15(5)23-12-24-21(20)26(25-18)11-17-10-16-9-7-8-14(4)19(16)22(28)27(17)13(2)3/h7-10,13,24H,6,11-12H2,1-5H3. The number of nitrogens with zero attached hydrogens (tertiary/aromatic N) is 4. The van der Waals surface area contributed by atoms with Gasteiger partial charge in [0.25, 0.3) is 5.56 Å². The molecule has 0 atom stereocenters. The maximum absolute atomic E-state index is 13.3. The fourth-order valence-corrected chi connectivity index (χ4v) is 4.19. The van der Waals surface area contributed by atoms with Crippen LogP contribution in [0.2, 0.25) is 0 Å². The van der Waals surface area contributed by atoms with E-state index in [1.54, 1.807) is 0 Å². The van der Waals surface area contributed by atoms with Gasteiger partial charge in [-0.15, -0.1) is 0 Å². The SMILES string of the molecule is CCc1nn(Cc2cc3cccc(C)c3c(=O)n2C(C)C)c2c1C(C)=NCN2. The van der Waals surface area contributed by atoms with Crippen molar-refractivity contribution in [1.82, 2.24) is 14.3 Å². The Kier molecular flexibility index (Phi) is 4.57. The van der Waals surface area contributed by atoms with Crippen LogP contribution in [0.4, 0.5) is 5.82 Å². The van der Waals surface area contributed by atoms with Crippen LogP contribution in [0.3, 0.4) is 0 Å². The van der Waals surface area contributed by atoms with E-state index in [1.165, 1.54) is 0 Å². The molecule has 4 rings (SSSR count). The van der Waals surface area contributed by atoms with E-state index in [4.69, 9.17) is 5.10 Å². The molecule has 0 bridgehead atoms. The van der Waals surface area contributed by atoms with Crippen LogP contribution in [0.1, 0.15) is 56.3 Å². The molecule has 6 heteroatoms. The van der Waals surface area contributed by atoms with E-state index < -0.39 is 0 Å². The molecule has 0 aliphatic carbocycles. The van der Waals surface area contributed by atoms with Crippen LogP contribution >= 0.6 is 0 Å². The van der Waals surface area contributed by atoms with E-state index in [-0.39, 0.29) is 11.6 Å². The van der Waals surface area contributed by atoms with Gasteiger partial charge in [-0.05, 0) is 51.1 Å². The Balaban J connectivity index is 1.91. The summed E-state index contributed by atoms with van der Waals surface area (Å²) in [7, 11) is 0. The van der Waals surface area contributed by atoms with Gasteiger partial charge < -0.3 is 9.88 Å². The van der Waals surface area contributed by atoms with Crippen LogP contribution in [0.25, 0.3) is 10.8 Å². The Morgan fingerprint density at radius 2 is 2.04 bits per heavy atom. The minimum Gasteiger partial charge on any atom is -0.351 e. The average molecular weight is 377 g/mol. The van der Waals surface area contributed by atoms with Crippen molar-refractivity contribution < 1.29 is 0 Å². The van der Waals surface area contributed by atoms with Crippen molar-refractivity contribution in [2.45, 2.75) is 53.6 Å². The fraction of sp³-hybridized carbons (Fsp3) is 0.409. The van der Waals surface area contributed by atoms with Gasteiger partial charge in [-0.25, -0.2) is 4.68 Å². The molecule has 1 aliphatic heterocycles. The van der Waals surface area contributed by atoms with E-state index in [1.807, 2.05) is 41.3 Å². The Morgan fingerprint density at radius 3 is 2.75 bits per heavy atom. The minimum absolute atomic E-state index is 0.0693. The second kappa shape index (κ2) is 6.93. The molecule has 6 nitrogen and oxygen atoms in total. The molecule has 0 amide bonds. The van der Waals surface area contributed by atoms with E-state index >= 15 is 0 Å². The molecule has 0 saturated carbocycles. The number of hydrogen-bond acceptors (Lipinski definition) is 4. The summed E-state index contributed by atoms with van der Waals surface area (Å²) in [4.78, 5) is 17.8. The van der Waals surface area contributed by atoms with Gasteiger partial charge in [0.2, 0.25) is 0 Å². The number of benzene rings is 1. The molecule has 3 heterocycles. The zero-order chi connectivity index (χ0) is 20.0. The monoisotopic (exact) mass is 377 g/mol. The van der Waals surface area contributed by atoms with Crippen molar-refractivity contribution in [1.29, 1.82) is 0 Å². The molecular formula is C22H27N5O. The first-order valence-electron chi connectivity index (χ1n) is 9.91. The summed E-state index contributed by atoms with van der Waals surface area (Å²) >= 11 is 0. The summed E-state index contributed by atoms with van der Waals surface area (Å²) < 4.78 is 3.89. The molecule has 1 N–H and O–H groups in total. The van der Waals surface area contributed by atoms with Gasteiger partial charge in [0.05, 0.1) is 23.2 Å². The molecule has 0 fully saturated rings. The molecule has 0 radical (unpaired) electrons. The van der Waals surface area contributed by atoms with Gasteiger partial charge in [-0.1, -0.05) is 25.1 Å². The van der Waals surface area contributed by atoms with E-state index in [2.05, 4.69) is 37.1 Å². The van der Waals surface area contributed by atoms with E-state index in [0.29, 0.717) is 13.2 Å². The molecule has 3 aromatic rings. The van der Waals surface area contributed by atoms with Crippen LogP contribution < -0.4 is 10.9 Å². The second-order valence-corrected chi connectivity index (χ2v) is 7.70. The predicted molar refractivity (Wildman–Crippen MR) is 115 cm³/mol. The zero-order valence-corrected chi connectivity index (χ0v) is 17.2. The summed E-state index contributed by atoms with van der Waals surface area (Å²) in [5, 5.41) is 10.0. The normalized spacial score (nSPS) is 13.6. The Labute approximate surface area is 164 Å². The molecule has 28 heavy (non-hydrogen) atoms. The predicted octanol–water partition coefficient (Wildman–Crippen LogP) is 3.89. The first-order chi connectivity index (χ1) is 13.4. The number of nitrogens with one attached hydrogen (secondary N) is 1. The lowest BCUT2D eigenvalue weighted by Crippen LogP contribution is -2.27. The van der Waals surface area contributed by atoms with Crippen LogP contribution in [0, 0.1) is 6.92 Å². The first kappa shape index (κ1) is 18.5. The lowest BCUT2D eigenvalue weighted by atomic mass is 10.1. The molecule has 0 spiro atoms. The third-order valence-corrected chi connectivity index (χ3v) is 5.48. The quantitative estimate of drug-likeness (QED) is 0.750. The summed E-state index contributed by atoms with van der Waals surface area (Å²) in [5.41, 5.74) is 5.22. The molecule has 1 aromatic carbocycles. The number of hydrogen-bond donors (Lipinski definition) is 1. The maximum Gasteiger partial charge on any atom is 0.259 e. The van der Waals surface area contributed by atoms with E-state index in [9.17, 15) is 4.79 Å². The minimum atomic E-state index is 0.0693. The topological polar surface area (TPSA) is 64.2 Å². The van der Waals surface area contributed by atoms with Crippen molar-refractivity contribution >= 4 is 22.3 Å². The Morgan fingerprint density at radius 1 is 1.25 bits per heavy atom. The molecular weight excluding hydrogens is 350 g/mol.